The molecule has 0 fully saturated rings. The molecule has 0 amide bonds. The summed E-state index contributed by atoms with van der Waals surface area (Å²) in [6.07, 6.45) is 1.58. The van der Waals surface area contributed by atoms with Gasteiger partial charge in [0.05, 0.1) is 6.61 Å². The Morgan fingerprint density at radius 2 is 1.27 bits per heavy atom. The van der Waals surface area contributed by atoms with Crippen LogP contribution in [0.1, 0.15) is 25.3 Å². The summed E-state index contributed by atoms with van der Waals surface area (Å²) >= 11 is 6.95. The summed E-state index contributed by atoms with van der Waals surface area (Å²) in [5.41, 5.74) is 1.18. The van der Waals surface area contributed by atoms with Crippen LogP contribution in [-0.4, -0.2) is 27.3 Å². The first kappa shape index (κ1) is 29.6. The molecule has 0 N–H and O–H groups in total. The highest BCUT2D eigenvalue weighted by Crippen LogP contribution is 2.46. The standard InChI is InChI=1S/C34H32NO2PS2/c1-2-37-34(39)40-31(25-27-15-7-3-8-16-27)23-24-32(36)33(26-35)38(28-17-9-4-10-18-28,29-19-11-5-12-20-29)30-21-13-6-14-22-30/h3-22,31H,2,23-25H2,1H3. The number of carbonyl (C=O) groups is 1. The number of nitrogens with zero attached hydrogens (tertiary/aromatic N) is 1. The van der Waals surface area contributed by atoms with Crippen LogP contribution in [0, 0.1) is 11.3 Å². The number of hydrogen-bond acceptors (Lipinski definition) is 5. The van der Waals surface area contributed by atoms with Gasteiger partial charge < -0.3 is 4.74 Å². The van der Waals surface area contributed by atoms with Gasteiger partial charge in [0.15, 0.2) is 5.78 Å². The molecule has 4 aromatic carbocycles. The van der Waals surface area contributed by atoms with Gasteiger partial charge in [0.2, 0.25) is 4.38 Å². The van der Waals surface area contributed by atoms with Crippen molar-refractivity contribution in [2.24, 2.45) is 0 Å². The molecule has 3 nitrogen and oxygen atoms in total. The van der Waals surface area contributed by atoms with Gasteiger partial charge in [-0.15, -0.1) is 0 Å². The number of thioether (sulfide) groups is 1. The second kappa shape index (κ2) is 14.8. The molecule has 0 aliphatic rings. The molecule has 0 spiro atoms. The van der Waals surface area contributed by atoms with Gasteiger partial charge in [0, 0.05) is 11.7 Å². The number of nitriles is 1. The average molecular weight is 582 g/mol. The molecule has 0 saturated carbocycles. The first-order valence-electron chi connectivity index (χ1n) is 13.3. The van der Waals surface area contributed by atoms with E-state index < -0.39 is 6.89 Å². The van der Waals surface area contributed by atoms with Crippen LogP contribution in [0.2, 0.25) is 0 Å². The van der Waals surface area contributed by atoms with Gasteiger partial charge in [-0.05, 0) is 60.3 Å². The molecule has 1 unspecified atom stereocenters. The SMILES string of the molecule is CCOC(=S)SC(CCC(=O)C(C#N)=P(c1ccccc1)(c1ccccc1)c1ccccc1)Cc1ccccc1. The number of thiocarbonyl (C=S) groups is 1. The Balaban J connectivity index is 1.80. The molecule has 0 aliphatic carbocycles. The second-order valence-electron chi connectivity index (χ2n) is 9.21. The van der Waals surface area contributed by atoms with Crippen LogP contribution in [0.25, 0.3) is 0 Å². The molecular formula is C34H32NO2PS2. The van der Waals surface area contributed by atoms with Gasteiger partial charge in [-0.2, -0.15) is 5.26 Å². The van der Waals surface area contributed by atoms with Crippen LogP contribution in [0.3, 0.4) is 0 Å². The number of benzene rings is 4. The van der Waals surface area contributed by atoms with Crippen molar-refractivity contribution in [3.63, 3.8) is 0 Å². The summed E-state index contributed by atoms with van der Waals surface area (Å²) in [4.78, 5) is 14.2. The summed E-state index contributed by atoms with van der Waals surface area (Å²) < 4.78 is 6.06. The predicted octanol–water partition coefficient (Wildman–Crippen LogP) is 6.69. The molecular weight excluding hydrogens is 549 g/mol. The molecule has 0 aliphatic heterocycles. The fourth-order valence-electron chi connectivity index (χ4n) is 4.89. The molecule has 0 saturated heterocycles. The average Bonchev–Trinajstić information content (AvgIpc) is 3.00. The van der Waals surface area contributed by atoms with E-state index in [-0.39, 0.29) is 17.5 Å². The van der Waals surface area contributed by atoms with E-state index in [0.29, 0.717) is 22.7 Å². The highest BCUT2D eigenvalue weighted by Gasteiger charge is 2.33. The van der Waals surface area contributed by atoms with Crippen molar-refractivity contribution in [2.45, 2.75) is 31.4 Å². The molecule has 4 aromatic rings. The number of carbonyl (C=O) groups excluding carboxylic acids is 1. The summed E-state index contributed by atoms with van der Waals surface area (Å²) in [5.74, 6) is -0.117. The van der Waals surface area contributed by atoms with E-state index >= 15 is 0 Å². The van der Waals surface area contributed by atoms with Crippen LogP contribution < -0.4 is 15.9 Å². The van der Waals surface area contributed by atoms with Crippen molar-refractivity contribution >= 4 is 62.2 Å². The van der Waals surface area contributed by atoms with E-state index in [1.165, 1.54) is 17.3 Å². The lowest BCUT2D eigenvalue weighted by Gasteiger charge is -2.30. The van der Waals surface area contributed by atoms with Crippen molar-refractivity contribution < 1.29 is 9.53 Å². The van der Waals surface area contributed by atoms with E-state index in [1.54, 1.807) is 0 Å². The Morgan fingerprint density at radius 1 is 0.825 bits per heavy atom. The zero-order chi connectivity index (χ0) is 28.2. The second-order valence-corrected chi connectivity index (χ2v) is 14.5. The molecule has 202 valence electrons. The Bertz CT molecular complexity index is 1400. The zero-order valence-electron chi connectivity index (χ0n) is 22.5. The van der Waals surface area contributed by atoms with Crippen molar-refractivity contribution in [2.75, 3.05) is 6.61 Å². The molecule has 0 heterocycles. The van der Waals surface area contributed by atoms with E-state index in [0.717, 1.165) is 22.3 Å². The third-order valence-corrected chi connectivity index (χ3v) is 12.4. The highest BCUT2D eigenvalue weighted by molar-refractivity contribution is 8.23. The Morgan fingerprint density at radius 3 is 1.70 bits per heavy atom. The van der Waals surface area contributed by atoms with E-state index in [9.17, 15) is 10.1 Å². The van der Waals surface area contributed by atoms with Gasteiger partial charge in [-0.25, -0.2) is 0 Å². The maximum atomic E-state index is 14.2. The summed E-state index contributed by atoms with van der Waals surface area (Å²) in [6.45, 7) is -0.315. The first-order valence-corrected chi connectivity index (χ1v) is 16.4. The van der Waals surface area contributed by atoms with E-state index in [4.69, 9.17) is 17.0 Å². The highest BCUT2D eigenvalue weighted by atomic mass is 32.2. The predicted molar refractivity (Wildman–Crippen MR) is 176 cm³/mol. The normalized spacial score (nSPS) is 11.7. The van der Waals surface area contributed by atoms with E-state index in [1.807, 2.05) is 116 Å². The van der Waals surface area contributed by atoms with Crippen LogP contribution in [0.5, 0.6) is 0 Å². The monoisotopic (exact) mass is 581 g/mol. The number of ketones is 1. The number of hydrogen-bond donors (Lipinski definition) is 0. The smallest absolute Gasteiger partial charge is 0.220 e. The van der Waals surface area contributed by atoms with Crippen LogP contribution in [0.4, 0.5) is 0 Å². The number of rotatable bonds is 11. The third-order valence-electron chi connectivity index (χ3n) is 6.66. The first-order chi connectivity index (χ1) is 19.6. The zero-order valence-corrected chi connectivity index (χ0v) is 25.0. The molecule has 0 bridgehead atoms. The Labute approximate surface area is 247 Å². The minimum Gasteiger partial charge on any atom is -0.479 e. The molecule has 6 heteroatoms. The van der Waals surface area contributed by atoms with Crippen LogP contribution in [0.15, 0.2) is 121 Å². The largest absolute Gasteiger partial charge is 0.479 e. The molecule has 0 radical (unpaired) electrons. The summed E-state index contributed by atoms with van der Waals surface area (Å²) in [6, 6.07) is 42.7. The van der Waals surface area contributed by atoms with Crippen molar-refractivity contribution in [1.29, 1.82) is 5.26 Å². The third kappa shape index (κ3) is 7.01. The van der Waals surface area contributed by atoms with Crippen molar-refractivity contribution in [1.82, 2.24) is 0 Å². The van der Waals surface area contributed by atoms with Crippen molar-refractivity contribution in [3.8, 4) is 6.07 Å². The van der Waals surface area contributed by atoms with Crippen LogP contribution in [-0.2, 0) is 16.0 Å². The topological polar surface area (TPSA) is 50.1 Å². The summed E-state index contributed by atoms with van der Waals surface area (Å²) in [7, 11) is 0. The van der Waals surface area contributed by atoms with Gasteiger partial charge in [-0.1, -0.05) is 133 Å². The Kier molecular flexibility index (Phi) is 11.0. The quantitative estimate of drug-likeness (QED) is 0.146. The maximum Gasteiger partial charge on any atom is 0.220 e. The lowest BCUT2D eigenvalue weighted by atomic mass is 10.0. The molecule has 4 rings (SSSR count). The number of ether oxygens (including phenoxy) is 1. The van der Waals surface area contributed by atoms with Gasteiger partial charge in [0.25, 0.3) is 0 Å². The minimum absolute atomic E-state index is 0.0447. The van der Waals surface area contributed by atoms with E-state index in [2.05, 4.69) is 18.2 Å². The lowest BCUT2D eigenvalue weighted by Crippen LogP contribution is -2.33. The van der Waals surface area contributed by atoms with Crippen molar-refractivity contribution in [3.05, 3.63) is 127 Å². The fraction of sp³-hybridized carbons (Fsp3) is 0.176. The Hall–Kier alpha value is -3.42. The lowest BCUT2D eigenvalue weighted by molar-refractivity contribution is -0.112. The summed E-state index contributed by atoms with van der Waals surface area (Å²) in [5, 5.41) is 14.0. The maximum absolute atomic E-state index is 14.2. The number of Topliss-reactive ketones (excluding diaryl/α,β-unsaturated/α-hetero) is 1. The molecule has 40 heavy (non-hydrogen) atoms. The van der Waals surface area contributed by atoms with Gasteiger partial charge in [0.1, 0.15) is 11.4 Å². The van der Waals surface area contributed by atoms with Crippen LogP contribution >= 0.6 is 30.9 Å². The molecule has 1 atom stereocenters. The van der Waals surface area contributed by atoms with Gasteiger partial charge >= 0.3 is 0 Å². The molecule has 0 aromatic heterocycles. The fourth-order valence-corrected chi connectivity index (χ4v) is 10.6. The van der Waals surface area contributed by atoms with Gasteiger partial charge in [-0.3, -0.25) is 4.79 Å². The minimum atomic E-state index is -2.74.